The summed E-state index contributed by atoms with van der Waals surface area (Å²) in [7, 11) is 3.28. The van der Waals surface area contributed by atoms with Crippen molar-refractivity contribution in [1.82, 2.24) is 0 Å². The fourth-order valence-corrected chi connectivity index (χ4v) is 2.46. The predicted octanol–water partition coefficient (Wildman–Crippen LogP) is 5.80. The van der Waals surface area contributed by atoms with Gasteiger partial charge in [-0.3, -0.25) is 0 Å². The lowest BCUT2D eigenvalue weighted by Crippen LogP contribution is -2.00. The van der Waals surface area contributed by atoms with E-state index in [1.807, 2.05) is 71.9 Å². The minimum absolute atomic E-state index is 0.0835. The van der Waals surface area contributed by atoms with Crippen LogP contribution < -0.4 is 9.47 Å². The van der Waals surface area contributed by atoms with Crippen molar-refractivity contribution in [2.75, 3.05) is 14.2 Å². The standard InChI is InChI=1S/C18H22O4.2C2H6/c1-12-9-17(13(2)16(10-19)18(12)21-4)22-15-7-5-14(6-8-15)11-20-3;2*1-2/h5-9,19H,10-11H2,1-4H3;2*1-2H3. The molecule has 0 radical (unpaired) electrons. The number of hydrogen-bond acceptors (Lipinski definition) is 4. The molecule has 0 aliphatic heterocycles. The van der Waals surface area contributed by atoms with E-state index in [0.717, 1.165) is 33.8 Å². The van der Waals surface area contributed by atoms with Crippen molar-refractivity contribution < 1.29 is 19.3 Å². The van der Waals surface area contributed by atoms with Gasteiger partial charge in [-0.2, -0.15) is 0 Å². The first kappa shape index (κ1) is 24.0. The number of ether oxygens (including phenoxy) is 3. The second kappa shape index (κ2) is 13.2. The highest BCUT2D eigenvalue weighted by Gasteiger charge is 2.15. The average Bonchev–Trinajstić information content (AvgIpc) is 2.69. The van der Waals surface area contributed by atoms with Gasteiger partial charge < -0.3 is 19.3 Å². The Balaban J connectivity index is 0.00000146. The van der Waals surface area contributed by atoms with Crippen LogP contribution in [0.5, 0.6) is 17.2 Å². The van der Waals surface area contributed by atoms with Crippen molar-refractivity contribution in [1.29, 1.82) is 0 Å². The molecule has 0 aliphatic rings. The second-order valence-electron chi connectivity index (χ2n) is 5.17. The molecule has 146 valence electrons. The molecular weight excluding hydrogens is 328 g/mol. The van der Waals surface area contributed by atoms with Crippen molar-refractivity contribution >= 4 is 0 Å². The molecule has 26 heavy (non-hydrogen) atoms. The van der Waals surface area contributed by atoms with E-state index in [4.69, 9.17) is 14.2 Å². The zero-order valence-electron chi connectivity index (χ0n) is 17.5. The van der Waals surface area contributed by atoms with E-state index in [1.165, 1.54) is 0 Å². The molecule has 0 heterocycles. The van der Waals surface area contributed by atoms with Crippen LogP contribution in [0.25, 0.3) is 0 Å². The van der Waals surface area contributed by atoms with Crippen molar-refractivity contribution in [3.05, 3.63) is 52.6 Å². The Morgan fingerprint density at radius 3 is 1.96 bits per heavy atom. The zero-order valence-corrected chi connectivity index (χ0v) is 17.5. The summed E-state index contributed by atoms with van der Waals surface area (Å²) in [5, 5.41) is 9.59. The van der Waals surface area contributed by atoms with Crippen LogP contribution >= 0.6 is 0 Å². The molecule has 2 aromatic carbocycles. The van der Waals surface area contributed by atoms with Crippen LogP contribution in [-0.4, -0.2) is 19.3 Å². The number of benzene rings is 2. The summed E-state index contributed by atoms with van der Waals surface area (Å²) < 4.78 is 16.4. The van der Waals surface area contributed by atoms with E-state index in [1.54, 1.807) is 14.2 Å². The van der Waals surface area contributed by atoms with E-state index in [0.29, 0.717) is 12.4 Å². The molecule has 0 saturated carbocycles. The van der Waals surface area contributed by atoms with Gasteiger partial charge in [0.1, 0.15) is 17.2 Å². The lowest BCUT2D eigenvalue weighted by atomic mass is 10.0. The van der Waals surface area contributed by atoms with Gasteiger partial charge in [0, 0.05) is 18.2 Å². The molecule has 1 N–H and O–H groups in total. The SMILES string of the molecule is CC.CC.COCc1ccc(Oc2cc(C)c(OC)c(CO)c2C)cc1. The molecular formula is C22H34O4. The Morgan fingerprint density at radius 1 is 0.923 bits per heavy atom. The molecule has 0 bridgehead atoms. The molecule has 0 aliphatic carbocycles. The highest BCUT2D eigenvalue weighted by Crippen LogP contribution is 2.35. The van der Waals surface area contributed by atoms with Crippen molar-refractivity contribution in [2.45, 2.75) is 54.8 Å². The van der Waals surface area contributed by atoms with Gasteiger partial charge in [0.05, 0.1) is 20.3 Å². The van der Waals surface area contributed by atoms with E-state index in [2.05, 4.69) is 0 Å². The minimum Gasteiger partial charge on any atom is -0.496 e. The highest BCUT2D eigenvalue weighted by molar-refractivity contribution is 5.53. The van der Waals surface area contributed by atoms with Gasteiger partial charge in [-0.15, -0.1) is 0 Å². The molecule has 0 aromatic heterocycles. The Bertz CT molecular complexity index is 634. The van der Waals surface area contributed by atoms with Gasteiger partial charge >= 0.3 is 0 Å². The van der Waals surface area contributed by atoms with E-state index in [9.17, 15) is 5.11 Å². The fourth-order valence-electron chi connectivity index (χ4n) is 2.46. The summed E-state index contributed by atoms with van der Waals surface area (Å²) in [6.45, 7) is 12.4. The van der Waals surface area contributed by atoms with Crippen LogP contribution in [0.4, 0.5) is 0 Å². The Labute approximate surface area is 158 Å². The largest absolute Gasteiger partial charge is 0.496 e. The zero-order chi connectivity index (χ0) is 20.1. The van der Waals surface area contributed by atoms with E-state index in [-0.39, 0.29) is 6.61 Å². The van der Waals surface area contributed by atoms with Crippen LogP contribution in [0.15, 0.2) is 30.3 Å². The van der Waals surface area contributed by atoms with Crippen LogP contribution in [0.3, 0.4) is 0 Å². The molecule has 4 nitrogen and oxygen atoms in total. The van der Waals surface area contributed by atoms with Gasteiger partial charge in [-0.25, -0.2) is 0 Å². The molecule has 0 fully saturated rings. The van der Waals surface area contributed by atoms with Crippen molar-refractivity contribution in [2.24, 2.45) is 0 Å². The monoisotopic (exact) mass is 362 g/mol. The smallest absolute Gasteiger partial charge is 0.131 e. The number of aryl methyl sites for hydroxylation is 1. The van der Waals surface area contributed by atoms with Crippen molar-refractivity contribution in [3.63, 3.8) is 0 Å². The lowest BCUT2D eigenvalue weighted by Gasteiger charge is -2.17. The number of aliphatic hydroxyl groups is 1. The Morgan fingerprint density at radius 2 is 1.50 bits per heavy atom. The summed E-state index contributed by atoms with van der Waals surface area (Å²) in [6.07, 6.45) is 0. The van der Waals surface area contributed by atoms with Crippen LogP contribution in [0.1, 0.15) is 49.9 Å². The quantitative estimate of drug-likeness (QED) is 0.706. The number of methoxy groups -OCH3 is 2. The maximum atomic E-state index is 9.59. The fraction of sp³-hybridized carbons (Fsp3) is 0.455. The van der Waals surface area contributed by atoms with E-state index < -0.39 is 0 Å². The average molecular weight is 363 g/mol. The molecule has 0 spiro atoms. The summed E-state index contributed by atoms with van der Waals surface area (Å²) in [5.74, 6) is 2.18. The lowest BCUT2D eigenvalue weighted by molar-refractivity contribution is 0.185. The Hall–Kier alpha value is -2.04. The highest BCUT2D eigenvalue weighted by atomic mass is 16.5. The molecule has 4 heteroatoms. The molecule has 0 saturated heterocycles. The second-order valence-corrected chi connectivity index (χ2v) is 5.17. The maximum absolute atomic E-state index is 9.59. The summed E-state index contributed by atoms with van der Waals surface area (Å²) in [6, 6.07) is 9.68. The van der Waals surface area contributed by atoms with Gasteiger partial charge in [-0.1, -0.05) is 39.8 Å². The van der Waals surface area contributed by atoms with Crippen LogP contribution in [-0.2, 0) is 18.0 Å². The first-order valence-electron chi connectivity index (χ1n) is 9.14. The van der Waals surface area contributed by atoms with Gasteiger partial charge in [0.2, 0.25) is 0 Å². The third-order valence-corrected chi connectivity index (χ3v) is 3.63. The summed E-state index contributed by atoms with van der Waals surface area (Å²) in [4.78, 5) is 0. The summed E-state index contributed by atoms with van der Waals surface area (Å²) >= 11 is 0. The molecule has 0 amide bonds. The van der Waals surface area contributed by atoms with Gasteiger partial charge in [0.25, 0.3) is 0 Å². The molecule has 2 rings (SSSR count). The first-order chi connectivity index (χ1) is 12.6. The first-order valence-corrected chi connectivity index (χ1v) is 9.14. The topological polar surface area (TPSA) is 47.9 Å². The molecule has 0 unspecified atom stereocenters. The molecule has 0 atom stereocenters. The van der Waals surface area contributed by atoms with Gasteiger partial charge in [-0.05, 0) is 43.2 Å². The maximum Gasteiger partial charge on any atom is 0.131 e. The minimum atomic E-state index is -0.0835. The normalized spacial score (nSPS) is 9.42. The number of aliphatic hydroxyl groups excluding tert-OH is 1. The predicted molar refractivity (Wildman–Crippen MR) is 108 cm³/mol. The number of rotatable bonds is 6. The van der Waals surface area contributed by atoms with Crippen LogP contribution in [0, 0.1) is 13.8 Å². The van der Waals surface area contributed by atoms with Crippen LogP contribution in [0.2, 0.25) is 0 Å². The summed E-state index contributed by atoms with van der Waals surface area (Å²) in [5.41, 5.74) is 3.66. The Kier molecular flexibility index (Phi) is 12.2. The third kappa shape index (κ3) is 6.36. The molecule has 2 aromatic rings. The van der Waals surface area contributed by atoms with Crippen molar-refractivity contribution in [3.8, 4) is 17.2 Å². The third-order valence-electron chi connectivity index (χ3n) is 3.63. The number of hydrogen-bond donors (Lipinski definition) is 1. The van der Waals surface area contributed by atoms with E-state index >= 15 is 0 Å². The van der Waals surface area contributed by atoms with Gasteiger partial charge in [0.15, 0.2) is 0 Å².